The van der Waals surface area contributed by atoms with Gasteiger partial charge < -0.3 is 5.32 Å². The van der Waals surface area contributed by atoms with Gasteiger partial charge in [0.1, 0.15) is 5.69 Å². The zero-order valence-corrected chi connectivity index (χ0v) is 12.7. The molecule has 1 unspecified atom stereocenters. The molecule has 1 aromatic heterocycles. The number of pyridine rings is 1. The van der Waals surface area contributed by atoms with Crippen LogP contribution in [0.3, 0.4) is 0 Å². The van der Waals surface area contributed by atoms with Gasteiger partial charge in [-0.15, -0.1) is 0 Å². The minimum Gasteiger partial charge on any atom is -0.348 e. The van der Waals surface area contributed by atoms with Crippen LogP contribution in [-0.4, -0.2) is 16.9 Å². The Bertz CT molecular complexity index is 365. The van der Waals surface area contributed by atoms with Crippen LogP contribution >= 0.6 is 15.9 Å². The molecule has 0 aliphatic heterocycles. The molecule has 1 aromatic rings. The van der Waals surface area contributed by atoms with Crippen molar-refractivity contribution in [1.82, 2.24) is 10.3 Å². The van der Waals surface area contributed by atoms with Crippen LogP contribution in [0.1, 0.15) is 56.4 Å². The largest absolute Gasteiger partial charge is 0.348 e. The van der Waals surface area contributed by atoms with Crippen molar-refractivity contribution in [2.75, 3.05) is 0 Å². The molecule has 1 heterocycles. The van der Waals surface area contributed by atoms with Crippen LogP contribution in [-0.2, 0) is 0 Å². The summed E-state index contributed by atoms with van der Waals surface area (Å²) in [5.41, 5.74) is 0.471. The standard InChI is InChI=1S/C14H21BrN2O/c1-3-4-5-6-7-11(2)17-14(18)13-9-8-12(15)10-16-13/h8-11H,3-7H2,1-2H3,(H,17,18). The van der Waals surface area contributed by atoms with E-state index < -0.39 is 0 Å². The van der Waals surface area contributed by atoms with E-state index in [0.717, 1.165) is 10.9 Å². The highest BCUT2D eigenvalue weighted by molar-refractivity contribution is 9.10. The molecule has 0 spiro atoms. The molecule has 0 aliphatic rings. The van der Waals surface area contributed by atoms with Gasteiger partial charge in [-0.2, -0.15) is 0 Å². The lowest BCUT2D eigenvalue weighted by molar-refractivity contribution is 0.0933. The normalized spacial score (nSPS) is 12.2. The van der Waals surface area contributed by atoms with Gasteiger partial charge in [-0.1, -0.05) is 32.6 Å². The number of rotatable bonds is 7. The van der Waals surface area contributed by atoms with E-state index in [1.807, 2.05) is 13.0 Å². The number of amides is 1. The quantitative estimate of drug-likeness (QED) is 0.775. The van der Waals surface area contributed by atoms with E-state index in [2.05, 4.69) is 33.2 Å². The minimum atomic E-state index is -0.0921. The first kappa shape index (κ1) is 15.2. The monoisotopic (exact) mass is 312 g/mol. The van der Waals surface area contributed by atoms with E-state index in [4.69, 9.17) is 0 Å². The van der Waals surface area contributed by atoms with Crippen LogP contribution in [0.25, 0.3) is 0 Å². The summed E-state index contributed by atoms with van der Waals surface area (Å²) in [6, 6.07) is 3.76. The van der Waals surface area contributed by atoms with Crippen molar-refractivity contribution in [3.05, 3.63) is 28.5 Å². The molecule has 0 saturated carbocycles. The second-order valence-corrected chi connectivity index (χ2v) is 5.50. The van der Waals surface area contributed by atoms with Gasteiger partial charge in [0.05, 0.1) is 0 Å². The highest BCUT2D eigenvalue weighted by Crippen LogP contribution is 2.08. The van der Waals surface area contributed by atoms with Crippen LogP contribution < -0.4 is 5.32 Å². The number of hydrogen-bond donors (Lipinski definition) is 1. The Kier molecular flexibility index (Phi) is 6.94. The summed E-state index contributed by atoms with van der Waals surface area (Å²) in [6.07, 6.45) is 7.60. The third-order valence-electron chi connectivity index (χ3n) is 2.83. The summed E-state index contributed by atoms with van der Waals surface area (Å²) in [4.78, 5) is 15.9. The van der Waals surface area contributed by atoms with E-state index in [1.165, 1.54) is 25.7 Å². The summed E-state index contributed by atoms with van der Waals surface area (Å²) < 4.78 is 0.881. The van der Waals surface area contributed by atoms with Gasteiger partial charge in [0, 0.05) is 16.7 Å². The average Bonchev–Trinajstić information content (AvgIpc) is 2.35. The van der Waals surface area contributed by atoms with E-state index in [9.17, 15) is 4.79 Å². The van der Waals surface area contributed by atoms with Crippen LogP contribution in [0.4, 0.5) is 0 Å². The van der Waals surface area contributed by atoms with E-state index in [1.54, 1.807) is 12.3 Å². The SMILES string of the molecule is CCCCCCC(C)NC(=O)c1ccc(Br)cn1. The first-order chi connectivity index (χ1) is 8.63. The van der Waals surface area contributed by atoms with Crippen LogP contribution in [0.2, 0.25) is 0 Å². The van der Waals surface area contributed by atoms with Gasteiger partial charge in [0.15, 0.2) is 0 Å². The maximum absolute atomic E-state index is 11.9. The van der Waals surface area contributed by atoms with Crippen molar-refractivity contribution >= 4 is 21.8 Å². The van der Waals surface area contributed by atoms with Gasteiger partial charge in [-0.25, -0.2) is 4.98 Å². The number of carbonyl (C=O) groups is 1. The van der Waals surface area contributed by atoms with E-state index in [-0.39, 0.29) is 11.9 Å². The van der Waals surface area contributed by atoms with E-state index >= 15 is 0 Å². The zero-order valence-electron chi connectivity index (χ0n) is 11.1. The summed E-state index contributed by atoms with van der Waals surface area (Å²) in [6.45, 7) is 4.24. The molecular formula is C14H21BrN2O. The molecular weight excluding hydrogens is 292 g/mol. The van der Waals surface area contributed by atoms with E-state index in [0.29, 0.717) is 5.69 Å². The van der Waals surface area contributed by atoms with Gasteiger partial charge in [0.25, 0.3) is 5.91 Å². The Morgan fingerprint density at radius 3 is 2.78 bits per heavy atom. The lowest BCUT2D eigenvalue weighted by atomic mass is 10.1. The summed E-state index contributed by atoms with van der Waals surface area (Å²) in [7, 11) is 0. The number of hydrogen-bond acceptors (Lipinski definition) is 2. The smallest absolute Gasteiger partial charge is 0.270 e. The van der Waals surface area contributed by atoms with Crippen molar-refractivity contribution < 1.29 is 4.79 Å². The Labute approximate surface area is 118 Å². The first-order valence-corrected chi connectivity index (χ1v) is 7.35. The summed E-state index contributed by atoms with van der Waals surface area (Å²) in [5, 5.41) is 2.98. The van der Waals surface area contributed by atoms with Crippen molar-refractivity contribution in [3.63, 3.8) is 0 Å². The van der Waals surface area contributed by atoms with Crippen molar-refractivity contribution in [1.29, 1.82) is 0 Å². The maximum Gasteiger partial charge on any atom is 0.270 e. The Hall–Kier alpha value is -0.900. The predicted octanol–water partition coefficient (Wildman–Crippen LogP) is 3.93. The predicted molar refractivity (Wildman–Crippen MR) is 77.6 cm³/mol. The molecule has 0 radical (unpaired) electrons. The fraction of sp³-hybridized carbons (Fsp3) is 0.571. The molecule has 3 nitrogen and oxygen atoms in total. The minimum absolute atomic E-state index is 0.0921. The van der Waals surface area contributed by atoms with Crippen LogP contribution in [0, 0.1) is 0 Å². The molecule has 0 saturated heterocycles. The Morgan fingerprint density at radius 2 is 2.17 bits per heavy atom. The Morgan fingerprint density at radius 1 is 1.39 bits per heavy atom. The molecule has 1 rings (SSSR count). The van der Waals surface area contributed by atoms with Crippen LogP contribution in [0.5, 0.6) is 0 Å². The van der Waals surface area contributed by atoms with Crippen LogP contribution in [0.15, 0.2) is 22.8 Å². The molecule has 4 heteroatoms. The average molecular weight is 313 g/mol. The fourth-order valence-electron chi connectivity index (χ4n) is 1.76. The first-order valence-electron chi connectivity index (χ1n) is 6.56. The molecule has 1 atom stereocenters. The van der Waals surface area contributed by atoms with Gasteiger partial charge in [0.2, 0.25) is 0 Å². The zero-order chi connectivity index (χ0) is 13.4. The second kappa shape index (κ2) is 8.25. The number of nitrogens with one attached hydrogen (secondary N) is 1. The topological polar surface area (TPSA) is 42.0 Å². The number of nitrogens with zero attached hydrogens (tertiary/aromatic N) is 1. The highest BCUT2D eigenvalue weighted by Gasteiger charge is 2.10. The highest BCUT2D eigenvalue weighted by atomic mass is 79.9. The summed E-state index contributed by atoms with van der Waals surface area (Å²) >= 11 is 3.30. The molecule has 0 aliphatic carbocycles. The third-order valence-corrected chi connectivity index (χ3v) is 3.30. The maximum atomic E-state index is 11.9. The number of carbonyl (C=O) groups excluding carboxylic acids is 1. The molecule has 0 bridgehead atoms. The third kappa shape index (κ3) is 5.63. The fourth-order valence-corrected chi connectivity index (χ4v) is 1.99. The molecule has 100 valence electrons. The lowest BCUT2D eigenvalue weighted by Crippen LogP contribution is -2.33. The van der Waals surface area contributed by atoms with Gasteiger partial charge >= 0.3 is 0 Å². The van der Waals surface area contributed by atoms with Gasteiger partial charge in [-0.05, 0) is 41.4 Å². The molecule has 1 amide bonds. The molecule has 18 heavy (non-hydrogen) atoms. The molecule has 1 N–H and O–H groups in total. The van der Waals surface area contributed by atoms with Crippen molar-refractivity contribution in [2.45, 2.75) is 52.0 Å². The molecule has 0 aromatic carbocycles. The Balaban J connectivity index is 2.33. The number of aromatic nitrogens is 1. The van der Waals surface area contributed by atoms with Crippen molar-refractivity contribution in [2.24, 2.45) is 0 Å². The van der Waals surface area contributed by atoms with Gasteiger partial charge in [-0.3, -0.25) is 4.79 Å². The number of unbranched alkanes of at least 4 members (excludes halogenated alkanes) is 3. The molecule has 0 fully saturated rings. The second-order valence-electron chi connectivity index (χ2n) is 4.59. The summed E-state index contributed by atoms with van der Waals surface area (Å²) in [5.74, 6) is -0.0921. The lowest BCUT2D eigenvalue weighted by Gasteiger charge is -2.13. The van der Waals surface area contributed by atoms with Crippen molar-refractivity contribution in [3.8, 4) is 0 Å². The number of halogens is 1.